The smallest absolute Gasteiger partial charge is 0.00989 e. The number of rotatable bonds is 3. The molecular weight excluding hydrogens is 180 g/mol. The summed E-state index contributed by atoms with van der Waals surface area (Å²) >= 11 is 0. The van der Waals surface area contributed by atoms with Crippen molar-refractivity contribution in [2.75, 3.05) is 0 Å². The zero-order valence-corrected chi connectivity index (χ0v) is 9.62. The topological polar surface area (TPSA) is 0 Å². The fraction of sp³-hybridized carbons (Fsp3) is 0.200. The van der Waals surface area contributed by atoms with Crippen molar-refractivity contribution in [1.29, 1.82) is 0 Å². The molecular formula is C15H17. The molecule has 0 aliphatic carbocycles. The van der Waals surface area contributed by atoms with Crippen molar-refractivity contribution in [3.05, 3.63) is 53.1 Å². The first-order valence-electron chi connectivity index (χ1n) is 5.25. The average molecular weight is 197 g/mol. The van der Waals surface area contributed by atoms with Crippen LogP contribution in [0.5, 0.6) is 0 Å². The molecule has 0 atom stereocenters. The molecule has 0 heteroatoms. The minimum Gasteiger partial charge on any atom is -0.0870 e. The zero-order chi connectivity index (χ0) is 11.1. The van der Waals surface area contributed by atoms with Crippen molar-refractivity contribution < 1.29 is 0 Å². The van der Waals surface area contributed by atoms with Crippen LogP contribution in [0.3, 0.4) is 0 Å². The molecule has 0 saturated heterocycles. The normalized spacial score (nSPS) is 12.2. The molecule has 1 aromatic rings. The minimum absolute atomic E-state index is 1.12. The number of benzene rings is 1. The van der Waals surface area contributed by atoms with Gasteiger partial charge in [0.05, 0.1) is 0 Å². The van der Waals surface area contributed by atoms with Crippen molar-refractivity contribution in [2.24, 2.45) is 0 Å². The third-order valence-electron chi connectivity index (χ3n) is 2.08. The summed E-state index contributed by atoms with van der Waals surface area (Å²) in [6.45, 7) is 6.08. The second-order valence-electron chi connectivity index (χ2n) is 3.30. The van der Waals surface area contributed by atoms with Gasteiger partial charge in [0, 0.05) is 0 Å². The van der Waals surface area contributed by atoms with Crippen molar-refractivity contribution in [2.45, 2.75) is 20.8 Å². The van der Waals surface area contributed by atoms with E-state index >= 15 is 0 Å². The Bertz CT molecular complexity index is 392. The SMILES string of the molecule is CC=Cc1[c]cc(C=CC)c(C=CC)c1. The van der Waals surface area contributed by atoms with Gasteiger partial charge in [0.15, 0.2) is 0 Å². The Morgan fingerprint density at radius 3 is 2.07 bits per heavy atom. The first kappa shape index (κ1) is 11.5. The summed E-state index contributed by atoms with van der Waals surface area (Å²) in [6, 6.07) is 7.43. The fourth-order valence-corrected chi connectivity index (χ4v) is 1.46. The molecule has 0 aromatic heterocycles. The second-order valence-corrected chi connectivity index (χ2v) is 3.30. The molecule has 0 nitrogen and oxygen atoms in total. The van der Waals surface area contributed by atoms with Gasteiger partial charge in [0.25, 0.3) is 0 Å². The van der Waals surface area contributed by atoms with E-state index in [1.165, 1.54) is 11.1 Å². The molecule has 0 heterocycles. The lowest BCUT2D eigenvalue weighted by Gasteiger charge is -2.02. The van der Waals surface area contributed by atoms with Crippen molar-refractivity contribution >= 4 is 18.2 Å². The monoisotopic (exact) mass is 197 g/mol. The molecule has 0 aliphatic rings. The molecule has 1 aromatic carbocycles. The Morgan fingerprint density at radius 2 is 1.47 bits per heavy atom. The predicted molar refractivity (Wildman–Crippen MR) is 69.4 cm³/mol. The molecule has 77 valence electrons. The molecule has 0 N–H and O–H groups in total. The molecule has 0 unspecified atom stereocenters. The van der Waals surface area contributed by atoms with Crippen LogP contribution in [-0.2, 0) is 0 Å². The van der Waals surface area contributed by atoms with Gasteiger partial charge in [-0.15, -0.1) is 0 Å². The summed E-state index contributed by atoms with van der Waals surface area (Å²) in [6.07, 6.45) is 12.4. The molecule has 0 aliphatic heterocycles. The number of hydrogen-bond donors (Lipinski definition) is 0. The Kier molecular flexibility index (Phi) is 4.62. The van der Waals surface area contributed by atoms with E-state index in [0.717, 1.165) is 5.56 Å². The van der Waals surface area contributed by atoms with Gasteiger partial charge in [0.2, 0.25) is 0 Å². The molecule has 0 spiro atoms. The first-order valence-corrected chi connectivity index (χ1v) is 5.25. The highest BCUT2D eigenvalue weighted by Gasteiger charge is 1.96. The average Bonchev–Trinajstić information content (AvgIpc) is 2.23. The number of allylic oxidation sites excluding steroid dienone is 3. The van der Waals surface area contributed by atoms with E-state index in [2.05, 4.69) is 36.4 Å². The molecule has 15 heavy (non-hydrogen) atoms. The maximum atomic E-state index is 3.25. The van der Waals surface area contributed by atoms with E-state index in [-0.39, 0.29) is 0 Å². The quantitative estimate of drug-likeness (QED) is 0.665. The fourth-order valence-electron chi connectivity index (χ4n) is 1.46. The van der Waals surface area contributed by atoms with Crippen LogP contribution in [0.25, 0.3) is 18.2 Å². The highest BCUT2D eigenvalue weighted by Crippen LogP contribution is 2.16. The highest BCUT2D eigenvalue weighted by atomic mass is 14.0. The van der Waals surface area contributed by atoms with Crippen LogP contribution in [0.4, 0.5) is 0 Å². The third kappa shape index (κ3) is 3.25. The van der Waals surface area contributed by atoms with Gasteiger partial charge in [-0.2, -0.15) is 0 Å². The van der Waals surface area contributed by atoms with Crippen LogP contribution in [0, 0.1) is 6.07 Å². The first-order chi connectivity index (χ1) is 7.31. The van der Waals surface area contributed by atoms with Gasteiger partial charge in [-0.1, -0.05) is 36.5 Å². The molecule has 0 amide bonds. The van der Waals surface area contributed by atoms with Gasteiger partial charge in [-0.05, 0) is 55.7 Å². The summed E-state index contributed by atoms with van der Waals surface area (Å²) in [5.74, 6) is 0. The summed E-state index contributed by atoms with van der Waals surface area (Å²) in [7, 11) is 0. The van der Waals surface area contributed by atoms with E-state index < -0.39 is 0 Å². The van der Waals surface area contributed by atoms with Gasteiger partial charge in [-0.25, -0.2) is 0 Å². The Balaban J connectivity index is 3.19. The Labute approximate surface area is 92.6 Å². The third-order valence-corrected chi connectivity index (χ3v) is 2.08. The van der Waals surface area contributed by atoms with Crippen LogP contribution in [0.1, 0.15) is 37.5 Å². The van der Waals surface area contributed by atoms with E-state index in [4.69, 9.17) is 0 Å². The zero-order valence-electron chi connectivity index (χ0n) is 9.62. The van der Waals surface area contributed by atoms with E-state index in [0.29, 0.717) is 0 Å². The van der Waals surface area contributed by atoms with E-state index in [1.807, 2.05) is 39.0 Å². The molecule has 1 rings (SSSR count). The molecule has 1 radical (unpaired) electrons. The maximum absolute atomic E-state index is 3.25. The van der Waals surface area contributed by atoms with Crippen molar-refractivity contribution in [3.63, 3.8) is 0 Å². The summed E-state index contributed by atoms with van der Waals surface area (Å²) in [4.78, 5) is 0. The molecule has 0 saturated carbocycles. The number of hydrogen-bond acceptors (Lipinski definition) is 0. The van der Waals surface area contributed by atoms with Gasteiger partial charge in [0.1, 0.15) is 0 Å². The second kappa shape index (κ2) is 6.02. The van der Waals surface area contributed by atoms with Crippen molar-refractivity contribution in [1.82, 2.24) is 0 Å². The lowest BCUT2D eigenvalue weighted by Crippen LogP contribution is -1.83. The summed E-state index contributed by atoms with van der Waals surface area (Å²) < 4.78 is 0. The van der Waals surface area contributed by atoms with Crippen molar-refractivity contribution in [3.8, 4) is 0 Å². The van der Waals surface area contributed by atoms with Crippen LogP contribution in [0.2, 0.25) is 0 Å². The standard InChI is InChI=1S/C15H17/c1-4-7-13-10-11-14(8-5-2)15(12-13)9-6-3/h4-9,11-12H,1-3H3. The summed E-state index contributed by atoms with van der Waals surface area (Å²) in [5.41, 5.74) is 3.57. The van der Waals surface area contributed by atoms with E-state index in [1.54, 1.807) is 0 Å². The van der Waals surface area contributed by atoms with Gasteiger partial charge < -0.3 is 0 Å². The minimum atomic E-state index is 1.12. The molecule has 0 bridgehead atoms. The summed E-state index contributed by atoms with van der Waals surface area (Å²) in [5, 5.41) is 0. The lowest BCUT2D eigenvalue weighted by molar-refractivity contribution is 1.55. The van der Waals surface area contributed by atoms with Crippen LogP contribution >= 0.6 is 0 Å². The van der Waals surface area contributed by atoms with Gasteiger partial charge >= 0.3 is 0 Å². The van der Waals surface area contributed by atoms with Crippen LogP contribution in [-0.4, -0.2) is 0 Å². The highest BCUT2D eigenvalue weighted by molar-refractivity contribution is 5.68. The van der Waals surface area contributed by atoms with Crippen LogP contribution < -0.4 is 0 Å². The Morgan fingerprint density at radius 1 is 0.867 bits per heavy atom. The lowest BCUT2D eigenvalue weighted by atomic mass is 10.0. The largest absolute Gasteiger partial charge is 0.0870 e. The van der Waals surface area contributed by atoms with Gasteiger partial charge in [-0.3, -0.25) is 0 Å². The molecule has 0 fully saturated rings. The predicted octanol–water partition coefficient (Wildman–Crippen LogP) is 4.59. The Hall–Kier alpha value is -1.56. The van der Waals surface area contributed by atoms with E-state index in [9.17, 15) is 0 Å². The maximum Gasteiger partial charge on any atom is -0.00989 e. The van der Waals surface area contributed by atoms with Crippen LogP contribution in [0.15, 0.2) is 30.4 Å².